The summed E-state index contributed by atoms with van der Waals surface area (Å²) in [4.78, 5) is 32.0. The molecule has 9 heteroatoms. The Balaban J connectivity index is 1.52. The molecule has 0 saturated heterocycles. The summed E-state index contributed by atoms with van der Waals surface area (Å²) >= 11 is 6.22. The fourth-order valence-electron chi connectivity index (χ4n) is 4.07. The second kappa shape index (κ2) is 12.4. The molecule has 0 unspecified atom stereocenters. The molecule has 190 valence electrons. The monoisotopic (exact) mass is 510 g/mol. The van der Waals surface area contributed by atoms with Gasteiger partial charge in [0.2, 0.25) is 11.8 Å². The van der Waals surface area contributed by atoms with Gasteiger partial charge in [0.05, 0.1) is 18.8 Å². The van der Waals surface area contributed by atoms with E-state index in [1.165, 1.54) is 0 Å². The molecule has 1 N–H and O–H groups in total. The first-order valence-electron chi connectivity index (χ1n) is 12.2. The van der Waals surface area contributed by atoms with Crippen LogP contribution in [0.2, 0.25) is 5.02 Å². The highest BCUT2D eigenvalue weighted by atomic mass is 35.5. The van der Waals surface area contributed by atoms with Crippen molar-refractivity contribution in [3.63, 3.8) is 0 Å². The van der Waals surface area contributed by atoms with Crippen molar-refractivity contribution in [2.45, 2.75) is 45.6 Å². The summed E-state index contributed by atoms with van der Waals surface area (Å²) < 4.78 is 14.0. The van der Waals surface area contributed by atoms with E-state index in [-0.39, 0.29) is 18.4 Å². The van der Waals surface area contributed by atoms with Crippen LogP contribution in [0.5, 0.6) is 17.2 Å². The lowest BCUT2D eigenvalue weighted by Gasteiger charge is -2.23. The van der Waals surface area contributed by atoms with Crippen molar-refractivity contribution in [1.29, 1.82) is 0 Å². The maximum Gasteiger partial charge on any atom is 0.244 e. The quantitative estimate of drug-likeness (QED) is 0.506. The number of para-hydroxylation sites is 2. The van der Waals surface area contributed by atoms with E-state index in [1.54, 1.807) is 29.3 Å². The molecule has 2 amide bonds. The van der Waals surface area contributed by atoms with E-state index in [0.29, 0.717) is 54.1 Å². The summed E-state index contributed by atoms with van der Waals surface area (Å²) in [5.74, 6) is 2.09. The Morgan fingerprint density at radius 2 is 1.89 bits per heavy atom. The number of amides is 2. The van der Waals surface area contributed by atoms with Gasteiger partial charge in [0, 0.05) is 36.9 Å². The van der Waals surface area contributed by atoms with Gasteiger partial charge in [-0.1, -0.05) is 36.6 Å². The molecule has 0 fully saturated rings. The number of aryl methyl sites for hydroxylation is 2. The van der Waals surface area contributed by atoms with Crippen LogP contribution in [-0.4, -0.2) is 46.0 Å². The average Bonchev–Trinajstić information content (AvgIpc) is 3.27. The van der Waals surface area contributed by atoms with Crippen LogP contribution in [0.3, 0.4) is 0 Å². The van der Waals surface area contributed by atoms with Crippen molar-refractivity contribution in [1.82, 2.24) is 14.5 Å². The average molecular weight is 511 g/mol. The molecule has 8 nitrogen and oxygen atoms in total. The maximum absolute atomic E-state index is 13.1. The van der Waals surface area contributed by atoms with Crippen LogP contribution in [0.15, 0.2) is 54.9 Å². The van der Waals surface area contributed by atoms with Gasteiger partial charge in [0.15, 0.2) is 17.2 Å². The molecule has 4 rings (SSSR count). The number of nitrogens with one attached hydrogen (secondary N) is 1. The van der Waals surface area contributed by atoms with Gasteiger partial charge in [-0.05, 0) is 50.1 Å². The number of rotatable bonds is 3. The second-order valence-corrected chi connectivity index (χ2v) is 9.17. The van der Waals surface area contributed by atoms with E-state index in [2.05, 4.69) is 10.3 Å². The van der Waals surface area contributed by atoms with E-state index < -0.39 is 0 Å². The van der Waals surface area contributed by atoms with Gasteiger partial charge in [-0.15, -0.1) is 0 Å². The SMILES string of the molecule is Cc1nccn1CCC(=O)N1CCCCCCOc2ccccc2Oc2ccc(Cl)cc2NC(=O)C1. The number of hydrogen-bond donors (Lipinski definition) is 1. The highest BCUT2D eigenvalue weighted by Gasteiger charge is 2.19. The molecule has 3 aromatic rings. The van der Waals surface area contributed by atoms with Gasteiger partial charge < -0.3 is 24.3 Å². The van der Waals surface area contributed by atoms with Crippen LogP contribution in [0.1, 0.15) is 37.9 Å². The predicted octanol–water partition coefficient (Wildman–Crippen LogP) is 5.45. The number of anilines is 1. The molecule has 0 saturated carbocycles. The number of nitrogens with zero attached hydrogens (tertiary/aromatic N) is 3. The standard InChI is InChI=1S/C27H31ClN4O4/c1-20-29-13-16-31(20)15-12-27(34)32-14-6-2-3-7-17-35-24-8-4-5-9-25(24)36-23-11-10-21(28)18-22(23)30-26(33)19-32/h4-5,8-11,13,16,18H,2-3,6-7,12,14-15,17,19H2,1H3,(H,30,33). The van der Waals surface area contributed by atoms with Crippen LogP contribution in [-0.2, 0) is 16.1 Å². The molecule has 2 heterocycles. The first-order chi connectivity index (χ1) is 17.5. The number of benzene rings is 2. The highest BCUT2D eigenvalue weighted by Crippen LogP contribution is 2.36. The van der Waals surface area contributed by atoms with Crippen LogP contribution >= 0.6 is 11.6 Å². The number of fused-ring (bicyclic) bond motifs is 2. The van der Waals surface area contributed by atoms with Crippen LogP contribution in [0, 0.1) is 6.92 Å². The molecule has 1 aromatic heterocycles. The van der Waals surface area contributed by atoms with E-state index in [0.717, 1.165) is 31.5 Å². The van der Waals surface area contributed by atoms with Gasteiger partial charge in [-0.3, -0.25) is 9.59 Å². The minimum absolute atomic E-state index is 0.0482. The number of carbonyl (C=O) groups excluding carboxylic acids is 2. The normalized spacial score (nSPS) is 15.2. The van der Waals surface area contributed by atoms with Gasteiger partial charge in [-0.2, -0.15) is 0 Å². The van der Waals surface area contributed by atoms with Crippen molar-refractivity contribution in [2.24, 2.45) is 0 Å². The first-order valence-corrected chi connectivity index (χ1v) is 12.6. The topological polar surface area (TPSA) is 85.7 Å². The molecule has 36 heavy (non-hydrogen) atoms. The first kappa shape index (κ1) is 25.6. The molecular weight excluding hydrogens is 480 g/mol. The number of aromatic nitrogens is 2. The zero-order valence-electron chi connectivity index (χ0n) is 20.4. The zero-order chi connectivity index (χ0) is 25.3. The Morgan fingerprint density at radius 1 is 1.08 bits per heavy atom. The Kier molecular flexibility index (Phi) is 8.84. The second-order valence-electron chi connectivity index (χ2n) is 8.73. The van der Waals surface area contributed by atoms with Gasteiger partial charge in [0.1, 0.15) is 5.82 Å². The summed E-state index contributed by atoms with van der Waals surface area (Å²) in [6.07, 6.45) is 7.46. The number of imidazole rings is 1. The lowest BCUT2D eigenvalue weighted by Crippen LogP contribution is -2.39. The lowest BCUT2D eigenvalue weighted by molar-refractivity contribution is -0.135. The van der Waals surface area contributed by atoms with E-state index in [1.807, 2.05) is 42.0 Å². The number of hydrogen-bond acceptors (Lipinski definition) is 5. The van der Waals surface area contributed by atoms with Crippen molar-refractivity contribution in [3.05, 3.63) is 65.7 Å². The zero-order valence-corrected chi connectivity index (χ0v) is 21.2. The Labute approximate surface area is 216 Å². The number of halogens is 1. The third-order valence-electron chi connectivity index (χ3n) is 6.04. The van der Waals surface area contributed by atoms with Crippen LogP contribution in [0.25, 0.3) is 0 Å². The molecule has 0 atom stereocenters. The van der Waals surface area contributed by atoms with E-state index in [4.69, 9.17) is 21.1 Å². The molecule has 0 spiro atoms. The van der Waals surface area contributed by atoms with Crippen molar-refractivity contribution in [3.8, 4) is 17.2 Å². The number of ether oxygens (including phenoxy) is 2. The van der Waals surface area contributed by atoms with E-state index in [9.17, 15) is 9.59 Å². The molecular formula is C27H31ClN4O4. The summed E-state index contributed by atoms with van der Waals surface area (Å²) in [6.45, 7) is 3.45. The number of carbonyl (C=O) groups is 2. The van der Waals surface area contributed by atoms with Crippen molar-refractivity contribution in [2.75, 3.05) is 25.0 Å². The molecule has 2 aromatic carbocycles. The maximum atomic E-state index is 13.1. The summed E-state index contributed by atoms with van der Waals surface area (Å²) in [5, 5.41) is 3.34. The van der Waals surface area contributed by atoms with Gasteiger partial charge in [-0.25, -0.2) is 4.98 Å². The van der Waals surface area contributed by atoms with Crippen LogP contribution < -0.4 is 14.8 Å². The fourth-order valence-corrected chi connectivity index (χ4v) is 4.24. The summed E-state index contributed by atoms with van der Waals surface area (Å²) in [7, 11) is 0. The largest absolute Gasteiger partial charge is 0.490 e. The summed E-state index contributed by atoms with van der Waals surface area (Å²) in [5.41, 5.74) is 0.427. The fraction of sp³-hybridized carbons (Fsp3) is 0.370. The smallest absolute Gasteiger partial charge is 0.244 e. The van der Waals surface area contributed by atoms with Gasteiger partial charge in [0.25, 0.3) is 0 Å². The predicted molar refractivity (Wildman–Crippen MR) is 139 cm³/mol. The van der Waals surface area contributed by atoms with Crippen LogP contribution in [0.4, 0.5) is 5.69 Å². The minimum atomic E-state index is -0.314. The van der Waals surface area contributed by atoms with Gasteiger partial charge >= 0.3 is 0 Å². The Hall–Kier alpha value is -3.52. The summed E-state index contributed by atoms with van der Waals surface area (Å²) in [6, 6.07) is 12.5. The third-order valence-corrected chi connectivity index (χ3v) is 6.28. The third kappa shape index (κ3) is 7.01. The molecule has 0 radical (unpaired) electrons. The molecule has 1 aliphatic heterocycles. The Bertz CT molecular complexity index is 1200. The Morgan fingerprint density at radius 3 is 2.69 bits per heavy atom. The molecule has 1 aliphatic rings. The van der Waals surface area contributed by atoms with Crippen molar-refractivity contribution < 1.29 is 19.1 Å². The minimum Gasteiger partial charge on any atom is -0.490 e. The molecule has 0 aliphatic carbocycles. The highest BCUT2D eigenvalue weighted by molar-refractivity contribution is 6.31. The van der Waals surface area contributed by atoms with E-state index >= 15 is 0 Å². The lowest BCUT2D eigenvalue weighted by atomic mass is 10.2. The molecule has 0 bridgehead atoms. The van der Waals surface area contributed by atoms with Crippen molar-refractivity contribution >= 4 is 29.1 Å².